The Morgan fingerprint density at radius 2 is 2.24 bits per heavy atom. The van der Waals surface area contributed by atoms with Crippen LogP contribution in [-0.2, 0) is 10.0 Å². The molecule has 0 spiro atoms. The van der Waals surface area contributed by atoms with E-state index in [4.69, 9.17) is 16.7 Å². The monoisotopic (exact) mass is 292 g/mol. The fourth-order valence-electron chi connectivity index (χ4n) is 1.66. The molecule has 1 unspecified atom stereocenters. The van der Waals surface area contributed by atoms with E-state index in [1.165, 1.54) is 12.1 Å². The summed E-state index contributed by atoms with van der Waals surface area (Å²) >= 11 is 7.89. The predicted octanol–water partition coefficient (Wildman–Crippen LogP) is 1.90. The first-order valence-corrected chi connectivity index (χ1v) is 8.21. The third-order valence-corrected chi connectivity index (χ3v) is 4.96. The maximum atomic E-state index is 11.2. The lowest BCUT2D eigenvalue weighted by Crippen LogP contribution is -2.19. The Hall–Kier alpha value is -0.430. The van der Waals surface area contributed by atoms with Crippen molar-refractivity contribution >= 4 is 39.1 Å². The van der Waals surface area contributed by atoms with Gasteiger partial charge in [-0.1, -0.05) is 11.6 Å². The molecule has 1 aromatic rings. The van der Waals surface area contributed by atoms with Gasteiger partial charge in [-0.25, -0.2) is 13.6 Å². The molecule has 1 aliphatic heterocycles. The summed E-state index contributed by atoms with van der Waals surface area (Å²) in [5.74, 6) is 2.13. The Bertz CT molecular complexity index is 513. The van der Waals surface area contributed by atoms with Crippen LogP contribution in [0.5, 0.6) is 0 Å². The minimum Gasteiger partial charge on any atom is -0.380 e. The molecule has 1 aromatic carbocycles. The zero-order valence-corrected chi connectivity index (χ0v) is 11.4. The summed E-state index contributed by atoms with van der Waals surface area (Å²) in [6.45, 7) is 0. The number of primary sulfonamides is 1. The van der Waals surface area contributed by atoms with Crippen molar-refractivity contribution in [3.63, 3.8) is 0 Å². The smallest absolute Gasteiger partial charge is 0.238 e. The standard InChI is InChI=1S/C10H13ClN2O2S2/c11-9-2-1-8(17(12,14)15)5-10(9)13-7-3-4-16-6-7/h1-2,5,7,13H,3-4,6H2,(H2,12,14,15). The van der Waals surface area contributed by atoms with Gasteiger partial charge in [0.15, 0.2) is 0 Å². The Kier molecular flexibility index (Phi) is 3.87. The fourth-order valence-corrected chi connectivity index (χ4v) is 3.52. The first-order valence-electron chi connectivity index (χ1n) is 5.13. The number of anilines is 1. The minimum atomic E-state index is -3.68. The molecular weight excluding hydrogens is 280 g/mol. The lowest BCUT2D eigenvalue weighted by Gasteiger charge is -2.14. The van der Waals surface area contributed by atoms with Gasteiger partial charge in [0.05, 0.1) is 15.6 Å². The first-order chi connectivity index (χ1) is 7.97. The number of benzene rings is 1. The van der Waals surface area contributed by atoms with Crippen LogP contribution in [0.15, 0.2) is 23.1 Å². The van der Waals surface area contributed by atoms with Crippen LogP contribution in [0.25, 0.3) is 0 Å². The van der Waals surface area contributed by atoms with Crippen LogP contribution in [0.4, 0.5) is 5.69 Å². The fraction of sp³-hybridized carbons (Fsp3) is 0.400. The highest BCUT2D eigenvalue weighted by atomic mass is 35.5. The zero-order valence-electron chi connectivity index (χ0n) is 9.02. The van der Waals surface area contributed by atoms with Crippen molar-refractivity contribution in [1.29, 1.82) is 0 Å². The Morgan fingerprint density at radius 1 is 1.47 bits per heavy atom. The molecule has 17 heavy (non-hydrogen) atoms. The van der Waals surface area contributed by atoms with Crippen LogP contribution in [0, 0.1) is 0 Å². The highest BCUT2D eigenvalue weighted by Gasteiger charge is 2.17. The minimum absolute atomic E-state index is 0.0788. The van der Waals surface area contributed by atoms with E-state index < -0.39 is 10.0 Å². The molecule has 1 atom stereocenters. The van der Waals surface area contributed by atoms with Gasteiger partial charge in [0, 0.05) is 11.8 Å². The molecule has 94 valence electrons. The molecule has 0 bridgehead atoms. The summed E-state index contributed by atoms with van der Waals surface area (Å²) in [6.07, 6.45) is 1.06. The van der Waals surface area contributed by atoms with E-state index >= 15 is 0 Å². The molecular formula is C10H13ClN2O2S2. The Labute approximate surface area is 110 Å². The Morgan fingerprint density at radius 3 is 2.82 bits per heavy atom. The average molecular weight is 293 g/mol. The van der Waals surface area contributed by atoms with Gasteiger partial charge in [0.2, 0.25) is 10.0 Å². The molecule has 0 aromatic heterocycles. The Balaban J connectivity index is 2.26. The largest absolute Gasteiger partial charge is 0.380 e. The summed E-state index contributed by atoms with van der Waals surface area (Å²) in [5, 5.41) is 8.84. The number of nitrogens with one attached hydrogen (secondary N) is 1. The summed E-state index contributed by atoms with van der Waals surface area (Å²) in [5.41, 5.74) is 0.630. The van der Waals surface area contributed by atoms with E-state index in [-0.39, 0.29) is 4.90 Å². The van der Waals surface area contributed by atoms with Gasteiger partial charge >= 0.3 is 0 Å². The molecule has 1 fully saturated rings. The van der Waals surface area contributed by atoms with Crippen LogP contribution < -0.4 is 10.5 Å². The van der Waals surface area contributed by atoms with Crippen LogP contribution in [0.2, 0.25) is 5.02 Å². The summed E-state index contributed by atoms with van der Waals surface area (Å²) in [4.78, 5) is 0.0788. The van der Waals surface area contributed by atoms with Crippen molar-refractivity contribution in [2.24, 2.45) is 5.14 Å². The second-order valence-electron chi connectivity index (χ2n) is 3.89. The zero-order chi connectivity index (χ0) is 12.5. The second kappa shape index (κ2) is 5.06. The van der Waals surface area contributed by atoms with Crippen LogP contribution >= 0.6 is 23.4 Å². The number of nitrogens with two attached hydrogens (primary N) is 1. The van der Waals surface area contributed by atoms with Crippen molar-refractivity contribution in [3.05, 3.63) is 23.2 Å². The number of rotatable bonds is 3. The van der Waals surface area contributed by atoms with Gasteiger partial charge in [-0.2, -0.15) is 11.8 Å². The third kappa shape index (κ3) is 3.28. The van der Waals surface area contributed by atoms with Crippen molar-refractivity contribution in [3.8, 4) is 0 Å². The van der Waals surface area contributed by atoms with Gasteiger partial charge in [-0.3, -0.25) is 0 Å². The van der Waals surface area contributed by atoms with Gasteiger partial charge in [0.25, 0.3) is 0 Å². The maximum Gasteiger partial charge on any atom is 0.238 e. The highest BCUT2D eigenvalue weighted by molar-refractivity contribution is 7.99. The van der Waals surface area contributed by atoms with E-state index in [2.05, 4.69) is 5.32 Å². The predicted molar refractivity (Wildman–Crippen MR) is 72.2 cm³/mol. The quantitative estimate of drug-likeness (QED) is 0.892. The van der Waals surface area contributed by atoms with Crippen molar-refractivity contribution < 1.29 is 8.42 Å². The van der Waals surface area contributed by atoms with Crippen LogP contribution in [0.3, 0.4) is 0 Å². The van der Waals surface area contributed by atoms with Crippen molar-refractivity contribution in [2.45, 2.75) is 17.4 Å². The first kappa shape index (κ1) is 13.0. The molecule has 0 aliphatic carbocycles. The summed E-state index contributed by atoms with van der Waals surface area (Å²) in [7, 11) is -3.68. The number of hydrogen-bond donors (Lipinski definition) is 2. The number of halogens is 1. The van der Waals surface area contributed by atoms with Gasteiger partial charge in [-0.05, 0) is 30.4 Å². The molecule has 1 aliphatic rings. The lowest BCUT2D eigenvalue weighted by molar-refractivity contribution is 0.598. The third-order valence-electron chi connectivity index (χ3n) is 2.56. The molecule has 7 heteroatoms. The number of hydrogen-bond acceptors (Lipinski definition) is 4. The second-order valence-corrected chi connectivity index (χ2v) is 7.01. The SMILES string of the molecule is NS(=O)(=O)c1ccc(Cl)c(NC2CCSC2)c1. The number of thioether (sulfide) groups is 1. The molecule has 1 saturated heterocycles. The van der Waals surface area contributed by atoms with Gasteiger partial charge in [0.1, 0.15) is 0 Å². The molecule has 4 nitrogen and oxygen atoms in total. The van der Waals surface area contributed by atoms with Gasteiger partial charge in [-0.15, -0.1) is 0 Å². The van der Waals surface area contributed by atoms with E-state index in [0.717, 1.165) is 17.9 Å². The number of sulfonamides is 1. The molecule has 3 N–H and O–H groups in total. The van der Waals surface area contributed by atoms with Gasteiger partial charge < -0.3 is 5.32 Å². The maximum absolute atomic E-state index is 11.2. The normalized spacial score (nSPS) is 20.5. The summed E-state index contributed by atoms with van der Waals surface area (Å²) in [6, 6.07) is 4.78. The topological polar surface area (TPSA) is 72.2 Å². The lowest BCUT2D eigenvalue weighted by atomic mass is 10.2. The average Bonchev–Trinajstić information content (AvgIpc) is 2.72. The van der Waals surface area contributed by atoms with E-state index in [0.29, 0.717) is 16.8 Å². The van der Waals surface area contributed by atoms with E-state index in [1.54, 1.807) is 6.07 Å². The molecule has 0 amide bonds. The molecule has 0 radical (unpaired) electrons. The summed E-state index contributed by atoms with van der Waals surface area (Å²) < 4.78 is 22.5. The molecule has 1 heterocycles. The van der Waals surface area contributed by atoms with E-state index in [1.807, 2.05) is 11.8 Å². The van der Waals surface area contributed by atoms with Crippen molar-refractivity contribution in [1.82, 2.24) is 0 Å². The van der Waals surface area contributed by atoms with Crippen LogP contribution in [0.1, 0.15) is 6.42 Å². The molecule has 2 rings (SSSR count). The van der Waals surface area contributed by atoms with Crippen molar-refractivity contribution in [2.75, 3.05) is 16.8 Å². The van der Waals surface area contributed by atoms with Crippen LogP contribution in [-0.4, -0.2) is 26.0 Å². The van der Waals surface area contributed by atoms with E-state index in [9.17, 15) is 8.42 Å². The molecule has 0 saturated carbocycles. The highest BCUT2D eigenvalue weighted by Crippen LogP contribution is 2.28.